The van der Waals surface area contributed by atoms with Crippen molar-refractivity contribution in [3.63, 3.8) is 0 Å². The van der Waals surface area contributed by atoms with Gasteiger partial charge in [0, 0.05) is 17.8 Å². The molecule has 0 fully saturated rings. The van der Waals surface area contributed by atoms with Crippen LogP contribution >= 0.6 is 0 Å². The quantitative estimate of drug-likeness (QED) is 0.371. The summed E-state index contributed by atoms with van der Waals surface area (Å²) < 4.78 is 30.6. The minimum Gasteiger partial charge on any atom is -0.496 e. The van der Waals surface area contributed by atoms with Crippen molar-refractivity contribution in [3.05, 3.63) is 47.0 Å². The summed E-state index contributed by atoms with van der Waals surface area (Å²) in [5.74, 6) is -2.14. The lowest BCUT2D eigenvalue weighted by molar-refractivity contribution is -0.119. The van der Waals surface area contributed by atoms with Gasteiger partial charge in [-0.1, -0.05) is 0 Å². The van der Waals surface area contributed by atoms with E-state index in [4.69, 9.17) is 28.4 Å². The number of rotatable bonds is 11. The lowest BCUT2D eigenvalue weighted by Gasteiger charge is -2.14. The maximum atomic E-state index is 12.6. The molecule has 0 spiro atoms. The molecule has 2 rings (SSSR count). The van der Waals surface area contributed by atoms with Gasteiger partial charge >= 0.3 is 17.9 Å². The van der Waals surface area contributed by atoms with Gasteiger partial charge in [-0.15, -0.1) is 0 Å². The van der Waals surface area contributed by atoms with Crippen LogP contribution < -0.4 is 19.5 Å². The first-order valence-electron chi connectivity index (χ1n) is 10.5. The monoisotopic (exact) mass is 489 g/mol. The second-order valence-corrected chi connectivity index (χ2v) is 6.77. The van der Waals surface area contributed by atoms with Gasteiger partial charge in [0.1, 0.15) is 11.3 Å². The number of carbonyl (C=O) groups excluding carboxylic acids is 4. The summed E-state index contributed by atoms with van der Waals surface area (Å²) in [5.41, 5.74) is 0.217. The highest BCUT2D eigenvalue weighted by Crippen LogP contribution is 2.34. The van der Waals surface area contributed by atoms with Crippen LogP contribution in [0.1, 0.15) is 44.9 Å². The van der Waals surface area contributed by atoms with Crippen LogP contribution in [0, 0.1) is 0 Å². The van der Waals surface area contributed by atoms with Crippen molar-refractivity contribution in [1.82, 2.24) is 0 Å². The molecule has 35 heavy (non-hydrogen) atoms. The van der Waals surface area contributed by atoms with Gasteiger partial charge in [0.2, 0.25) is 0 Å². The summed E-state index contributed by atoms with van der Waals surface area (Å²) in [6.07, 6.45) is 0. The van der Waals surface area contributed by atoms with Crippen LogP contribution in [0.3, 0.4) is 0 Å². The minimum absolute atomic E-state index is 0.0202. The zero-order chi connectivity index (χ0) is 26.0. The molecule has 0 aromatic heterocycles. The molecule has 11 nitrogen and oxygen atoms in total. The van der Waals surface area contributed by atoms with Gasteiger partial charge in [-0.2, -0.15) is 0 Å². The fourth-order valence-electron chi connectivity index (χ4n) is 2.96. The standard InChI is InChI=1S/C24H27NO10/c1-6-33-22(27)14-8-15(23(28)34-7-2)10-16(9-14)25-21(26)13-35-24(29)17-11-19(31-4)20(32-5)12-18(17)30-3/h8-12H,6-7,13H2,1-5H3,(H,25,26). The van der Waals surface area contributed by atoms with Crippen molar-refractivity contribution in [2.45, 2.75) is 13.8 Å². The summed E-state index contributed by atoms with van der Waals surface area (Å²) in [4.78, 5) is 49.3. The van der Waals surface area contributed by atoms with Crippen LogP contribution in [0.15, 0.2) is 30.3 Å². The average Bonchev–Trinajstić information content (AvgIpc) is 2.86. The number of methoxy groups -OCH3 is 3. The van der Waals surface area contributed by atoms with E-state index in [1.54, 1.807) is 13.8 Å². The molecule has 0 heterocycles. The maximum Gasteiger partial charge on any atom is 0.342 e. The molecular weight excluding hydrogens is 462 g/mol. The molecule has 1 N–H and O–H groups in total. The maximum absolute atomic E-state index is 12.6. The summed E-state index contributed by atoms with van der Waals surface area (Å²) in [7, 11) is 4.20. The summed E-state index contributed by atoms with van der Waals surface area (Å²) in [5, 5.41) is 2.49. The van der Waals surface area contributed by atoms with Crippen LogP contribution in [0.4, 0.5) is 5.69 Å². The van der Waals surface area contributed by atoms with Crippen molar-refractivity contribution in [1.29, 1.82) is 0 Å². The Bertz CT molecular complexity index is 1060. The lowest BCUT2D eigenvalue weighted by Crippen LogP contribution is -2.22. The second kappa shape index (κ2) is 12.8. The van der Waals surface area contributed by atoms with Gasteiger partial charge in [0.25, 0.3) is 5.91 Å². The highest BCUT2D eigenvalue weighted by atomic mass is 16.5. The first-order valence-corrected chi connectivity index (χ1v) is 10.5. The average molecular weight is 489 g/mol. The molecule has 0 saturated carbocycles. The molecule has 0 aliphatic rings. The number of carbonyl (C=O) groups is 4. The van der Waals surface area contributed by atoms with Gasteiger partial charge in [-0.3, -0.25) is 4.79 Å². The molecular formula is C24H27NO10. The van der Waals surface area contributed by atoms with E-state index in [0.717, 1.165) is 0 Å². The number of hydrogen-bond donors (Lipinski definition) is 1. The van der Waals surface area contributed by atoms with Crippen LogP contribution in [0.25, 0.3) is 0 Å². The molecule has 2 aromatic rings. The van der Waals surface area contributed by atoms with Crippen molar-refractivity contribution in [3.8, 4) is 17.2 Å². The van der Waals surface area contributed by atoms with E-state index >= 15 is 0 Å². The third-order valence-electron chi connectivity index (χ3n) is 4.50. The van der Waals surface area contributed by atoms with Gasteiger partial charge in [0.05, 0.1) is 45.7 Å². The fourth-order valence-corrected chi connectivity index (χ4v) is 2.96. The van der Waals surface area contributed by atoms with Crippen molar-refractivity contribution in [2.24, 2.45) is 0 Å². The molecule has 0 aliphatic carbocycles. The zero-order valence-electron chi connectivity index (χ0n) is 20.1. The predicted molar refractivity (Wildman–Crippen MR) is 123 cm³/mol. The summed E-state index contributed by atoms with van der Waals surface area (Å²) in [6, 6.07) is 6.78. The van der Waals surface area contributed by atoms with E-state index < -0.39 is 30.4 Å². The van der Waals surface area contributed by atoms with Gasteiger partial charge in [-0.25, -0.2) is 14.4 Å². The Kier molecular flexibility index (Phi) is 9.88. The number of benzene rings is 2. The molecule has 0 saturated heterocycles. The Morgan fingerprint density at radius 3 is 1.66 bits per heavy atom. The van der Waals surface area contributed by atoms with Gasteiger partial charge in [-0.05, 0) is 32.0 Å². The second-order valence-electron chi connectivity index (χ2n) is 6.77. The normalized spacial score (nSPS) is 10.1. The van der Waals surface area contributed by atoms with E-state index in [9.17, 15) is 19.2 Å². The Morgan fingerprint density at radius 2 is 1.17 bits per heavy atom. The molecule has 0 radical (unpaired) electrons. The first-order chi connectivity index (χ1) is 16.8. The third-order valence-corrected chi connectivity index (χ3v) is 4.50. The Morgan fingerprint density at radius 1 is 0.657 bits per heavy atom. The van der Waals surface area contributed by atoms with Crippen molar-refractivity contribution < 1.29 is 47.6 Å². The Hall–Kier alpha value is -4.28. The smallest absolute Gasteiger partial charge is 0.342 e. The fraction of sp³-hybridized carbons (Fsp3) is 0.333. The Labute approximate surface area is 202 Å². The van der Waals surface area contributed by atoms with E-state index in [0.29, 0.717) is 5.75 Å². The largest absolute Gasteiger partial charge is 0.496 e. The summed E-state index contributed by atoms with van der Waals surface area (Å²) >= 11 is 0. The molecule has 188 valence electrons. The lowest BCUT2D eigenvalue weighted by atomic mass is 10.1. The van der Waals surface area contributed by atoms with Crippen molar-refractivity contribution >= 4 is 29.5 Å². The molecule has 0 unspecified atom stereocenters. The van der Waals surface area contributed by atoms with Crippen LogP contribution in [0.5, 0.6) is 17.2 Å². The molecule has 0 bridgehead atoms. The predicted octanol–water partition coefficient (Wildman–Crippen LogP) is 2.86. The molecule has 1 amide bonds. The van der Waals surface area contributed by atoms with Crippen LogP contribution in [-0.4, -0.2) is 65.0 Å². The van der Waals surface area contributed by atoms with Crippen LogP contribution in [0.2, 0.25) is 0 Å². The van der Waals surface area contributed by atoms with Crippen LogP contribution in [-0.2, 0) is 19.0 Å². The Balaban J connectivity index is 2.18. The molecule has 2 aromatic carbocycles. The van der Waals surface area contributed by atoms with Gasteiger partial charge in [0.15, 0.2) is 18.1 Å². The number of nitrogens with one attached hydrogen (secondary N) is 1. The minimum atomic E-state index is -0.842. The van der Waals surface area contributed by atoms with E-state index in [1.165, 1.54) is 51.7 Å². The van der Waals surface area contributed by atoms with Crippen molar-refractivity contribution in [2.75, 3.05) is 46.5 Å². The number of ether oxygens (including phenoxy) is 6. The molecule has 11 heteroatoms. The number of hydrogen-bond acceptors (Lipinski definition) is 10. The highest BCUT2D eigenvalue weighted by molar-refractivity contribution is 6.01. The highest BCUT2D eigenvalue weighted by Gasteiger charge is 2.21. The SMILES string of the molecule is CCOC(=O)c1cc(NC(=O)COC(=O)c2cc(OC)c(OC)cc2OC)cc(C(=O)OCC)c1. The van der Waals surface area contributed by atoms with E-state index in [1.807, 2.05) is 0 Å². The topological polar surface area (TPSA) is 136 Å². The van der Waals surface area contributed by atoms with Gasteiger partial charge < -0.3 is 33.7 Å². The number of amides is 1. The molecule has 0 aliphatic heterocycles. The molecule has 0 atom stereocenters. The zero-order valence-corrected chi connectivity index (χ0v) is 20.1. The van der Waals surface area contributed by atoms with E-state index in [2.05, 4.69) is 5.32 Å². The van der Waals surface area contributed by atoms with E-state index in [-0.39, 0.29) is 47.1 Å². The first kappa shape index (κ1) is 27.0. The summed E-state index contributed by atoms with van der Waals surface area (Å²) in [6.45, 7) is 2.86. The number of esters is 3. The number of anilines is 1. The third kappa shape index (κ3) is 7.10.